The van der Waals surface area contributed by atoms with E-state index < -0.39 is 0 Å². The van der Waals surface area contributed by atoms with Crippen LogP contribution in [0.1, 0.15) is 5.56 Å². The van der Waals surface area contributed by atoms with Gasteiger partial charge in [-0.3, -0.25) is 0 Å². The Morgan fingerprint density at radius 1 is 1.57 bits per heavy atom. The lowest BCUT2D eigenvalue weighted by Gasteiger charge is -2.12. The summed E-state index contributed by atoms with van der Waals surface area (Å²) in [6.07, 6.45) is 0. The highest BCUT2D eigenvalue weighted by Crippen LogP contribution is 2.31. The van der Waals surface area contributed by atoms with E-state index in [2.05, 4.69) is 0 Å². The molecule has 78 valence electrons. The van der Waals surface area contributed by atoms with Crippen LogP contribution in [0.25, 0.3) is 0 Å². The molecule has 1 atom stereocenters. The fourth-order valence-electron chi connectivity index (χ4n) is 1.08. The van der Waals surface area contributed by atoms with Gasteiger partial charge >= 0.3 is 0 Å². The van der Waals surface area contributed by atoms with Crippen LogP contribution in [0.4, 0.5) is 0 Å². The predicted molar refractivity (Wildman–Crippen MR) is 58.6 cm³/mol. The smallest absolute Gasteiger partial charge is 0.132 e. The summed E-state index contributed by atoms with van der Waals surface area (Å²) in [5.74, 6) is 0.796. The summed E-state index contributed by atoms with van der Waals surface area (Å²) < 4.78 is 5.19. The van der Waals surface area contributed by atoms with E-state index in [0.717, 1.165) is 16.2 Å². The molecule has 1 unspecified atom stereocenters. The van der Waals surface area contributed by atoms with Crippen LogP contribution in [0.15, 0.2) is 23.1 Å². The number of aryl methyl sites for hydroxylation is 1. The minimum atomic E-state index is -0.300. The van der Waals surface area contributed by atoms with E-state index in [0.29, 0.717) is 0 Å². The molecule has 0 radical (unpaired) electrons. The van der Waals surface area contributed by atoms with Gasteiger partial charge in [0.15, 0.2) is 0 Å². The number of benzene rings is 1. The van der Waals surface area contributed by atoms with Crippen LogP contribution in [-0.2, 0) is 0 Å². The number of thioether (sulfide) groups is 1. The van der Waals surface area contributed by atoms with E-state index in [9.17, 15) is 0 Å². The van der Waals surface area contributed by atoms with Gasteiger partial charge in [-0.05, 0) is 24.6 Å². The molecule has 3 nitrogen and oxygen atoms in total. The second-order valence-corrected chi connectivity index (χ2v) is 4.27. The molecule has 0 aliphatic rings. The third-order valence-corrected chi connectivity index (χ3v) is 2.80. The third kappa shape index (κ3) is 2.90. The van der Waals surface area contributed by atoms with Gasteiger partial charge in [0.05, 0.1) is 24.0 Å². The van der Waals surface area contributed by atoms with Crippen molar-refractivity contribution in [2.24, 2.45) is 5.73 Å². The van der Waals surface area contributed by atoms with Crippen LogP contribution < -0.4 is 10.5 Å². The second kappa shape index (κ2) is 5.24. The fourth-order valence-corrected chi connectivity index (χ4v) is 2.00. The van der Waals surface area contributed by atoms with Gasteiger partial charge in [-0.2, -0.15) is 0 Å². The summed E-state index contributed by atoms with van der Waals surface area (Å²) >= 11 is 1.41. The fraction of sp³-hybridized carbons (Fsp3) is 0.400. The zero-order valence-corrected chi connectivity index (χ0v) is 9.17. The average molecular weight is 213 g/mol. The summed E-state index contributed by atoms with van der Waals surface area (Å²) in [6, 6.07) is 5.88. The average Bonchev–Trinajstić information content (AvgIpc) is 2.18. The van der Waals surface area contributed by atoms with Crippen molar-refractivity contribution in [3.63, 3.8) is 0 Å². The Hall–Kier alpha value is -0.710. The molecule has 4 heteroatoms. The third-order valence-electron chi connectivity index (χ3n) is 1.78. The quantitative estimate of drug-likeness (QED) is 0.586. The Morgan fingerprint density at radius 3 is 2.86 bits per heavy atom. The molecule has 0 heterocycles. The molecule has 0 fully saturated rings. The van der Waals surface area contributed by atoms with Crippen LogP contribution in [0.2, 0.25) is 0 Å². The van der Waals surface area contributed by atoms with Gasteiger partial charge in [-0.1, -0.05) is 6.07 Å². The molecule has 0 aliphatic carbocycles. The van der Waals surface area contributed by atoms with Crippen LogP contribution in [0.5, 0.6) is 5.75 Å². The lowest BCUT2D eigenvalue weighted by atomic mass is 10.2. The van der Waals surface area contributed by atoms with Gasteiger partial charge in [-0.15, -0.1) is 11.8 Å². The van der Waals surface area contributed by atoms with Crippen LogP contribution >= 0.6 is 11.8 Å². The van der Waals surface area contributed by atoms with Crippen molar-refractivity contribution in [2.75, 3.05) is 13.7 Å². The number of ether oxygens (including phenoxy) is 1. The number of hydrogen-bond acceptors (Lipinski definition) is 4. The van der Waals surface area contributed by atoms with Crippen LogP contribution in [-0.4, -0.2) is 24.2 Å². The first-order valence-corrected chi connectivity index (χ1v) is 5.23. The molecule has 1 aromatic rings. The van der Waals surface area contributed by atoms with Gasteiger partial charge in [-0.25, -0.2) is 0 Å². The SMILES string of the molecule is COc1ccc(C)cc1SC(N)CO. The first-order valence-electron chi connectivity index (χ1n) is 4.35. The molecule has 14 heavy (non-hydrogen) atoms. The largest absolute Gasteiger partial charge is 0.496 e. The molecule has 0 aromatic heterocycles. The Labute approximate surface area is 88.3 Å². The molecule has 1 aromatic carbocycles. The van der Waals surface area contributed by atoms with E-state index >= 15 is 0 Å². The lowest BCUT2D eigenvalue weighted by molar-refractivity contribution is 0.296. The van der Waals surface area contributed by atoms with Crippen molar-refractivity contribution in [1.82, 2.24) is 0 Å². The van der Waals surface area contributed by atoms with E-state index in [1.54, 1.807) is 7.11 Å². The highest BCUT2D eigenvalue weighted by atomic mass is 32.2. The van der Waals surface area contributed by atoms with Gasteiger partial charge in [0, 0.05) is 0 Å². The highest BCUT2D eigenvalue weighted by molar-refractivity contribution is 8.00. The van der Waals surface area contributed by atoms with Gasteiger partial charge in [0.2, 0.25) is 0 Å². The summed E-state index contributed by atoms with van der Waals surface area (Å²) in [6.45, 7) is 1.97. The minimum absolute atomic E-state index is 0.0399. The Balaban J connectivity index is 2.87. The zero-order valence-electron chi connectivity index (χ0n) is 8.36. The number of hydrogen-bond donors (Lipinski definition) is 2. The second-order valence-electron chi connectivity index (χ2n) is 2.99. The molecule has 1 rings (SSSR count). The Bertz CT molecular complexity index is 304. The summed E-state index contributed by atoms with van der Waals surface area (Å²) in [4.78, 5) is 0.967. The topological polar surface area (TPSA) is 55.5 Å². The lowest BCUT2D eigenvalue weighted by Crippen LogP contribution is -2.19. The van der Waals surface area contributed by atoms with E-state index in [-0.39, 0.29) is 12.0 Å². The van der Waals surface area contributed by atoms with Crippen molar-refractivity contribution in [3.8, 4) is 5.75 Å². The Kier molecular flexibility index (Phi) is 4.25. The van der Waals surface area contributed by atoms with E-state index in [1.165, 1.54) is 11.8 Å². The molecule has 0 aliphatic heterocycles. The molecule has 3 N–H and O–H groups in total. The van der Waals surface area contributed by atoms with E-state index in [4.69, 9.17) is 15.6 Å². The first-order chi connectivity index (χ1) is 6.67. The van der Waals surface area contributed by atoms with Crippen molar-refractivity contribution in [2.45, 2.75) is 17.2 Å². The first kappa shape index (κ1) is 11.4. The maximum Gasteiger partial charge on any atom is 0.132 e. The maximum atomic E-state index is 8.84. The number of nitrogens with two attached hydrogens (primary N) is 1. The van der Waals surface area contributed by atoms with Gasteiger partial charge in [0.1, 0.15) is 5.75 Å². The molecule has 0 amide bonds. The highest BCUT2D eigenvalue weighted by Gasteiger charge is 2.08. The number of aliphatic hydroxyl groups is 1. The van der Waals surface area contributed by atoms with Crippen LogP contribution in [0.3, 0.4) is 0 Å². The van der Waals surface area contributed by atoms with Crippen molar-refractivity contribution < 1.29 is 9.84 Å². The number of rotatable bonds is 4. The molecule has 0 saturated heterocycles. The number of methoxy groups -OCH3 is 1. The minimum Gasteiger partial charge on any atom is -0.496 e. The zero-order chi connectivity index (χ0) is 10.6. The molecule has 0 saturated carbocycles. The van der Waals surface area contributed by atoms with Crippen LogP contribution in [0, 0.1) is 6.92 Å². The van der Waals surface area contributed by atoms with E-state index in [1.807, 2.05) is 25.1 Å². The molecular formula is C10H15NO2S. The van der Waals surface area contributed by atoms with Gasteiger partial charge < -0.3 is 15.6 Å². The molecular weight excluding hydrogens is 198 g/mol. The van der Waals surface area contributed by atoms with Crippen molar-refractivity contribution >= 4 is 11.8 Å². The Morgan fingerprint density at radius 2 is 2.29 bits per heavy atom. The monoisotopic (exact) mass is 213 g/mol. The standard InChI is InChI=1S/C10H15NO2S/c1-7-3-4-8(13-2)9(5-7)14-10(11)6-12/h3-5,10,12H,6,11H2,1-2H3. The van der Waals surface area contributed by atoms with Gasteiger partial charge in [0.25, 0.3) is 0 Å². The summed E-state index contributed by atoms with van der Waals surface area (Å²) in [5, 5.41) is 8.54. The molecule has 0 spiro atoms. The number of aliphatic hydroxyl groups excluding tert-OH is 1. The van der Waals surface area contributed by atoms with Crippen molar-refractivity contribution in [1.29, 1.82) is 0 Å². The summed E-state index contributed by atoms with van der Waals surface area (Å²) in [5.41, 5.74) is 6.79. The normalized spacial score (nSPS) is 12.6. The van der Waals surface area contributed by atoms with Crippen molar-refractivity contribution in [3.05, 3.63) is 23.8 Å². The maximum absolute atomic E-state index is 8.84. The summed E-state index contributed by atoms with van der Waals surface area (Å²) in [7, 11) is 1.62. The molecule has 0 bridgehead atoms. The predicted octanol–water partition coefficient (Wildman–Crippen LogP) is 1.37.